The molecule has 0 N–H and O–H groups in total. The molecule has 1 aliphatic heterocycles. The molecule has 0 aromatic carbocycles. The molecule has 0 saturated carbocycles. The van der Waals surface area contributed by atoms with E-state index in [4.69, 9.17) is 4.74 Å². The predicted octanol–water partition coefficient (Wildman–Crippen LogP) is 0.735. The second-order valence-corrected chi connectivity index (χ2v) is 5.27. The molecule has 1 aliphatic rings. The van der Waals surface area contributed by atoms with E-state index in [9.17, 15) is 13.0 Å². The van der Waals surface area contributed by atoms with Crippen molar-refractivity contribution < 1.29 is 17.7 Å². The molecule has 0 radical (unpaired) electrons. The van der Waals surface area contributed by atoms with Crippen LogP contribution in [0.2, 0.25) is 0 Å². The lowest BCUT2D eigenvalue weighted by atomic mass is 9.94. The summed E-state index contributed by atoms with van der Waals surface area (Å²) in [4.78, 5) is 0. The molecule has 5 heteroatoms. The van der Waals surface area contributed by atoms with E-state index in [1.54, 1.807) is 0 Å². The van der Waals surface area contributed by atoms with E-state index in [-0.39, 0.29) is 23.9 Å². The molecule has 0 aromatic heterocycles. The average molecular weight is 207 g/mol. The minimum atomic E-state index is -4.08. The maximum atomic E-state index is 10.5. The first-order valence-corrected chi connectivity index (χ1v) is 6.03. The summed E-state index contributed by atoms with van der Waals surface area (Å²) < 4.78 is 37.0. The van der Waals surface area contributed by atoms with Crippen LogP contribution in [0.4, 0.5) is 0 Å². The SMILES string of the molecule is CC1CC(CS(=O)(=O)[O-])CC(C)O1. The van der Waals surface area contributed by atoms with Crippen molar-refractivity contribution in [1.82, 2.24) is 0 Å². The van der Waals surface area contributed by atoms with Gasteiger partial charge in [0.2, 0.25) is 0 Å². The fourth-order valence-electron chi connectivity index (χ4n) is 1.97. The first kappa shape index (κ1) is 10.9. The van der Waals surface area contributed by atoms with Crippen LogP contribution >= 0.6 is 0 Å². The standard InChI is InChI=1S/C8H16O4S/c1-6-3-8(4-7(2)12-6)5-13(9,10)11/h6-8H,3-5H2,1-2H3,(H,9,10,11)/p-1. The monoisotopic (exact) mass is 207 g/mol. The van der Waals surface area contributed by atoms with Crippen molar-refractivity contribution in [3.8, 4) is 0 Å². The number of hydrogen-bond acceptors (Lipinski definition) is 4. The van der Waals surface area contributed by atoms with Gasteiger partial charge in [0.25, 0.3) is 0 Å². The first-order valence-electron chi connectivity index (χ1n) is 4.46. The van der Waals surface area contributed by atoms with Crippen LogP contribution in [0.1, 0.15) is 26.7 Å². The minimum Gasteiger partial charge on any atom is -0.748 e. The van der Waals surface area contributed by atoms with Crippen molar-refractivity contribution in [3.63, 3.8) is 0 Å². The lowest BCUT2D eigenvalue weighted by Gasteiger charge is -2.32. The van der Waals surface area contributed by atoms with Crippen molar-refractivity contribution in [3.05, 3.63) is 0 Å². The average Bonchev–Trinajstić information content (AvgIpc) is 1.78. The molecule has 1 rings (SSSR count). The Hall–Kier alpha value is -0.130. The Morgan fingerprint density at radius 3 is 2.15 bits per heavy atom. The van der Waals surface area contributed by atoms with Crippen LogP contribution in [0.15, 0.2) is 0 Å². The highest BCUT2D eigenvalue weighted by atomic mass is 32.2. The van der Waals surface area contributed by atoms with Gasteiger partial charge in [0.15, 0.2) is 0 Å². The number of rotatable bonds is 2. The summed E-state index contributed by atoms with van der Waals surface area (Å²) in [6.07, 6.45) is 1.48. The molecule has 2 atom stereocenters. The molecular weight excluding hydrogens is 192 g/mol. The molecule has 1 fully saturated rings. The Morgan fingerprint density at radius 1 is 1.31 bits per heavy atom. The van der Waals surface area contributed by atoms with Crippen LogP contribution < -0.4 is 0 Å². The van der Waals surface area contributed by atoms with Crippen LogP contribution in [0, 0.1) is 5.92 Å². The van der Waals surface area contributed by atoms with Gasteiger partial charge in [0, 0.05) is 5.75 Å². The van der Waals surface area contributed by atoms with Gasteiger partial charge in [-0.25, -0.2) is 8.42 Å². The molecule has 1 saturated heterocycles. The zero-order valence-corrected chi connectivity index (χ0v) is 8.71. The van der Waals surface area contributed by atoms with Crippen molar-refractivity contribution in [2.45, 2.75) is 38.9 Å². The molecule has 1 heterocycles. The van der Waals surface area contributed by atoms with Gasteiger partial charge in [-0.1, -0.05) is 0 Å². The smallest absolute Gasteiger partial charge is 0.0948 e. The summed E-state index contributed by atoms with van der Waals surface area (Å²) in [5.41, 5.74) is 0. The topological polar surface area (TPSA) is 66.4 Å². The second kappa shape index (κ2) is 3.94. The third-order valence-corrected chi connectivity index (χ3v) is 3.11. The summed E-state index contributed by atoms with van der Waals surface area (Å²) in [6.45, 7) is 3.81. The van der Waals surface area contributed by atoms with E-state index >= 15 is 0 Å². The van der Waals surface area contributed by atoms with Crippen LogP contribution in [0.3, 0.4) is 0 Å². The quantitative estimate of drug-likeness (QED) is 0.626. The Balaban J connectivity index is 2.51. The van der Waals surface area contributed by atoms with Gasteiger partial charge in [0.1, 0.15) is 0 Å². The van der Waals surface area contributed by atoms with E-state index in [0.29, 0.717) is 12.8 Å². The van der Waals surface area contributed by atoms with E-state index in [0.717, 1.165) is 0 Å². The lowest BCUT2D eigenvalue weighted by Crippen LogP contribution is -2.32. The molecular formula is C8H15O4S-. The van der Waals surface area contributed by atoms with Crippen molar-refractivity contribution in [2.24, 2.45) is 5.92 Å². The van der Waals surface area contributed by atoms with Gasteiger partial charge in [-0.15, -0.1) is 0 Å². The number of ether oxygens (including phenoxy) is 1. The van der Waals surface area contributed by atoms with E-state index < -0.39 is 10.1 Å². The van der Waals surface area contributed by atoms with E-state index in [1.165, 1.54) is 0 Å². The van der Waals surface area contributed by atoms with E-state index in [1.807, 2.05) is 13.8 Å². The van der Waals surface area contributed by atoms with E-state index in [2.05, 4.69) is 0 Å². The van der Waals surface area contributed by atoms with Crippen LogP contribution in [-0.2, 0) is 14.9 Å². The normalized spacial score (nSPS) is 36.1. The Labute approximate surface area is 79.0 Å². The van der Waals surface area contributed by atoms with Crippen molar-refractivity contribution in [1.29, 1.82) is 0 Å². The molecule has 4 nitrogen and oxygen atoms in total. The minimum absolute atomic E-state index is 0.0266. The number of hydrogen-bond donors (Lipinski definition) is 0. The fourth-order valence-corrected chi connectivity index (χ4v) is 2.82. The lowest BCUT2D eigenvalue weighted by molar-refractivity contribution is -0.0480. The molecule has 0 amide bonds. The molecule has 0 spiro atoms. The van der Waals surface area contributed by atoms with Crippen LogP contribution in [0.5, 0.6) is 0 Å². The summed E-state index contributed by atoms with van der Waals surface area (Å²) >= 11 is 0. The van der Waals surface area contributed by atoms with Crippen molar-refractivity contribution >= 4 is 10.1 Å². The van der Waals surface area contributed by atoms with Crippen LogP contribution in [0.25, 0.3) is 0 Å². The molecule has 0 bridgehead atoms. The maximum Gasteiger partial charge on any atom is 0.0948 e. The van der Waals surface area contributed by atoms with Gasteiger partial charge in [0.05, 0.1) is 22.3 Å². The summed E-state index contributed by atoms with van der Waals surface area (Å²) in [7, 11) is -4.08. The zero-order chi connectivity index (χ0) is 10.1. The first-order chi connectivity index (χ1) is 5.87. The Kier molecular flexibility index (Phi) is 3.32. The maximum absolute atomic E-state index is 10.5. The summed E-state index contributed by atoms with van der Waals surface area (Å²) in [5, 5.41) is 0. The second-order valence-electron chi connectivity index (χ2n) is 3.82. The molecule has 13 heavy (non-hydrogen) atoms. The predicted molar refractivity (Wildman–Crippen MR) is 47.3 cm³/mol. The van der Waals surface area contributed by atoms with Crippen LogP contribution in [-0.4, -0.2) is 30.9 Å². The third-order valence-electron chi connectivity index (χ3n) is 2.23. The van der Waals surface area contributed by atoms with Gasteiger partial charge in [-0.2, -0.15) is 0 Å². The Bertz CT molecular complexity index is 249. The zero-order valence-electron chi connectivity index (χ0n) is 7.89. The summed E-state index contributed by atoms with van der Waals surface area (Å²) in [5.74, 6) is -0.272. The molecule has 0 aromatic rings. The molecule has 2 unspecified atom stereocenters. The van der Waals surface area contributed by atoms with Crippen molar-refractivity contribution in [2.75, 3.05) is 5.75 Å². The summed E-state index contributed by atoms with van der Waals surface area (Å²) in [6, 6.07) is 0. The third kappa shape index (κ3) is 4.06. The fraction of sp³-hybridized carbons (Fsp3) is 1.00. The van der Waals surface area contributed by atoms with Gasteiger partial charge in [-0.05, 0) is 32.6 Å². The van der Waals surface area contributed by atoms with Gasteiger partial charge in [-0.3, -0.25) is 0 Å². The van der Waals surface area contributed by atoms with Gasteiger partial charge < -0.3 is 9.29 Å². The highest BCUT2D eigenvalue weighted by molar-refractivity contribution is 7.85. The largest absolute Gasteiger partial charge is 0.748 e. The van der Waals surface area contributed by atoms with Gasteiger partial charge >= 0.3 is 0 Å². The Morgan fingerprint density at radius 2 is 1.77 bits per heavy atom. The highest BCUT2D eigenvalue weighted by Gasteiger charge is 2.25. The highest BCUT2D eigenvalue weighted by Crippen LogP contribution is 2.25. The molecule has 78 valence electrons. The molecule has 0 aliphatic carbocycles.